The van der Waals surface area contributed by atoms with Gasteiger partial charge in [0, 0.05) is 15.4 Å². The number of hydrogen-bond donors (Lipinski definition) is 0. The van der Waals surface area contributed by atoms with Crippen LogP contribution in [0.2, 0.25) is 0 Å². The summed E-state index contributed by atoms with van der Waals surface area (Å²) in [5.41, 5.74) is 3.89. The van der Waals surface area contributed by atoms with Crippen LogP contribution in [-0.2, 0) is 21.1 Å². The average Bonchev–Trinajstić information content (AvgIpc) is 3.07. The number of halogens is 1. The van der Waals surface area contributed by atoms with Gasteiger partial charge in [-0.15, -0.1) is 0 Å². The molecule has 0 aromatic heterocycles. The number of amides is 1. The summed E-state index contributed by atoms with van der Waals surface area (Å²) < 4.78 is 25.5. The molecule has 2 fully saturated rings. The molecule has 0 unspecified atom stereocenters. The SMILES string of the molecule is Cc1cc(Br)cc(C)c1N1C(=NC(=O)Cc2ccccc2)S[C@@H]2CS(=O)(=O)C[C@H]21. The predicted molar refractivity (Wildman–Crippen MR) is 123 cm³/mol. The van der Waals surface area contributed by atoms with Crippen LogP contribution < -0.4 is 4.90 Å². The zero-order chi connectivity index (χ0) is 20.8. The molecule has 2 aromatic carbocycles. The summed E-state index contributed by atoms with van der Waals surface area (Å²) in [5.74, 6) is -0.0100. The Morgan fingerprint density at radius 3 is 2.48 bits per heavy atom. The number of anilines is 1. The second-order valence-electron chi connectivity index (χ2n) is 7.51. The van der Waals surface area contributed by atoms with E-state index in [2.05, 4.69) is 20.9 Å². The molecule has 0 bridgehead atoms. The van der Waals surface area contributed by atoms with E-state index in [0.717, 1.165) is 26.9 Å². The lowest BCUT2D eigenvalue weighted by atomic mass is 10.1. The highest BCUT2D eigenvalue weighted by Crippen LogP contribution is 2.43. The zero-order valence-corrected chi connectivity index (χ0v) is 19.4. The van der Waals surface area contributed by atoms with Crippen molar-refractivity contribution in [3.8, 4) is 0 Å². The Hall–Kier alpha value is -1.64. The number of aliphatic imine (C=N–C) groups is 1. The van der Waals surface area contributed by atoms with Gasteiger partial charge in [0.2, 0.25) is 0 Å². The third kappa shape index (κ3) is 4.29. The van der Waals surface area contributed by atoms with Crippen molar-refractivity contribution in [3.05, 3.63) is 63.6 Å². The van der Waals surface area contributed by atoms with Crippen LogP contribution in [0.25, 0.3) is 0 Å². The van der Waals surface area contributed by atoms with Gasteiger partial charge in [-0.2, -0.15) is 4.99 Å². The molecule has 0 saturated carbocycles. The van der Waals surface area contributed by atoms with Gasteiger partial charge >= 0.3 is 0 Å². The Balaban J connectivity index is 1.72. The van der Waals surface area contributed by atoms with E-state index in [9.17, 15) is 13.2 Å². The summed E-state index contributed by atoms with van der Waals surface area (Å²) in [4.78, 5) is 19.1. The highest BCUT2D eigenvalue weighted by Gasteiger charge is 2.50. The smallest absolute Gasteiger partial charge is 0.252 e. The summed E-state index contributed by atoms with van der Waals surface area (Å²) in [6.07, 6.45) is 0.227. The van der Waals surface area contributed by atoms with E-state index >= 15 is 0 Å². The largest absolute Gasteiger partial charge is 0.315 e. The predicted octanol–water partition coefficient (Wildman–Crippen LogP) is 3.91. The molecule has 2 aliphatic rings. The van der Waals surface area contributed by atoms with Gasteiger partial charge in [0.25, 0.3) is 5.91 Å². The highest BCUT2D eigenvalue weighted by atomic mass is 79.9. The highest BCUT2D eigenvalue weighted by molar-refractivity contribution is 9.10. The fourth-order valence-electron chi connectivity index (χ4n) is 4.03. The van der Waals surface area contributed by atoms with Gasteiger partial charge in [-0.25, -0.2) is 8.42 Å². The molecular formula is C21H21BrN2O3S2. The maximum absolute atomic E-state index is 12.7. The third-order valence-corrected chi connectivity index (χ3v) is 8.85. The van der Waals surface area contributed by atoms with E-state index in [0.29, 0.717) is 5.17 Å². The molecule has 1 amide bonds. The summed E-state index contributed by atoms with van der Waals surface area (Å²) >= 11 is 4.93. The van der Waals surface area contributed by atoms with Gasteiger partial charge in [-0.05, 0) is 42.7 Å². The van der Waals surface area contributed by atoms with Crippen LogP contribution in [0, 0.1) is 13.8 Å². The molecule has 2 aromatic rings. The van der Waals surface area contributed by atoms with E-state index < -0.39 is 9.84 Å². The van der Waals surface area contributed by atoms with Crippen molar-refractivity contribution >= 4 is 54.3 Å². The molecule has 2 heterocycles. The lowest BCUT2D eigenvalue weighted by Gasteiger charge is -2.28. The minimum atomic E-state index is -3.09. The van der Waals surface area contributed by atoms with Crippen molar-refractivity contribution in [1.82, 2.24) is 0 Å². The molecule has 2 aliphatic heterocycles. The van der Waals surface area contributed by atoms with Gasteiger partial charge in [0.1, 0.15) is 0 Å². The first-order valence-corrected chi connectivity index (χ1v) is 12.8. The summed E-state index contributed by atoms with van der Waals surface area (Å²) in [6.45, 7) is 4.00. The summed E-state index contributed by atoms with van der Waals surface area (Å²) in [6, 6.07) is 13.3. The first-order valence-electron chi connectivity index (χ1n) is 9.32. The maximum atomic E-state index is 12.7. The van der Waals surface area contributed by atoms with E-state index in [1.54, 1.807) is 0 Å². The molecule has 4 rings (SSSR count). The van der Waals surface area contributed by atoms with Crippen molar-refractivity contribution in [2.45, 2.75) is 31.6 Å². The molecule has 0 radical (unpaired) electrons. The molecule has 152 valence electrons. The van der Waals surface area contributed by atoms with E-state index in [1.807, 2.05) is 61.2 Å². The van der Waals surface area contributed by atoms with Gasteiger partial charge < -0.3 is 4.90 Å². The number of fused-ring (bicyclic) bond motifs is 1. The van der Waals surface area contributed by atoms with Crippen molar-refractivity contribution in [1.29, 1.82) is 0 Å². The number of carbonyl (C=O) groups is 1. The second kappa shape index (κ2) is 7.89. The number of carbonyl (C=O) groups excluding carboxylic acids is 1. The third-order valence-electron chi connectivity index (χ3n) is 5.18. The Bertz CT molecular complexity index is 1080. The number of nitrogens with zero attached hydrogens (tertiary/aromatic N) is 2. The Kier molecular flexibility index (Phi) is 5.61. The summed E-state index contributed by atoms with van der Waals surface area (Å²) in [5, 5.41) is 0.495. The van der Waals surface area contributed by atoms with E-state index in [-0.39, 0.29) is 35.1 Å². The zero-order valence-electron chi connectivity index (χ0n) is 16.1. The number of aryl methyl sites for hydroxylation is 2. The number of sulfone groups is 1. The number of benzene rings is 2. The lowest BCUT2D eigenvalue weighted by Crippen LogP contribution is -2.38. The molecule has 5 nitrogen and oxygen atoms in total. The number of thioether (sulfide) groups is 1. The van der Waals surface area contributed by atoms with Gasteiger partial charge in [0.15, 0.2) is 15.0 Å². The first kappa shape index (κ1) is 20.6. The van der Waals surface area contributed by atoms with E-state index in [1.165, 1.54) is 11.8 Å². The monoisotopic (exact) mass is 492 g/mol. The second-order valence-corrected chi connectivity index (χ2v) is 11.8. The quantitative estimate of drug-likeness (QED) is 0.649. The molecule has 2 saturated heterocycles. The molecule has 0 N–H and O–H groups in total. The normalized spacial score (nSPS) is 24.1. The van der Waals surface area contributed by atoms with Gasteiger partial charge in [0.05, 0.1) is 24.0 Å². The first-order chi connectivity index (χ1) is 13.7. The van der Waals surface area contributed by atoms with Crippen LogP contribution in [-0.4, -0.2) is 42.3 Å². The fourth-order valence-corrected chi connectivity index (χ4v) is 8.63. The Morgan fingerprint density at radius 2 is 1.83 bits per heavy atom. The molecule has 0 aliphatic carbocycles. The van der Waals surface area contributed by atoms with Crippen LogP contribution in [0.3, 0.4) is 0 Å². The Morgan fingerprint density at radius 1 is 1.17 bits per heavy atom. The Labute approximate surface area is 183 Å². The maximum Gasteiger partial charge on any atom is 0.252 e. The standard InChI is InChI=1S/C21H21BrN2O3S2/c1-13-8-16(22)9-14(2)20(13)24-17-11-29(26,27)12-18(17)28-21(24)23-19(25)10-15-6-4-3-5-7-15/h3-9,17-18H,10-12H2,1-2H3/t17-,18-/m1/s1. The number of rotatable bonds is 3. The van der Waals surface area contributed by atoms with Crippen LogP contribution in [0.1, 0.15) is 16.7 Å². The molecule has 2 atom stereocenters. The van der Waals surface area contributed by atoms with E-state index in [4.69, 9.17) is 0 Å². The van der Waals surface area contributed by atoms with Crippen molar-refractivity contribution in [3.63, 3.8) is 0 Å². The van der Waals surface area contributed by atoms with Crippen molar-refractivity contribution in [2.24, 2.45) is 4.99 Å². The fraction of sp³-hybridized carbons (Fsp3) is 0.333. The minimum Gasteiger partial charge on any atom is -0.315 e. The van der Waals surface area contributed by atoms with Crippen LogP contribution >= 0.6 is 27.7 Å². The lowest BCUT2D eigenvalue weighted by molar-refractivity contribution is -0.117. The van der Waals surface area contributed by atoms with Crippen LogP contribution in [0.5, 0.6) is 0 Å². The summed E-state index contributed by atoms with van der Waals surface area (Å²) in [7, 11) is -3.09. The van der Waals surface area contributed by atoms with Gasteiger partial charge in [-0.3, -0.25) is 4.79 Å². The molecule has 0 spiro atoms. The molecular weight excluding hydrogens is 472 g/mol. The van der Waals surface area contributed by atoms with Crippen LogP contribution in [0.4, 0.5) is 5.69 Å². The van der Waals surface area contributed by atoms with Gasteiger partial charge in [-0.1, -0.05) is 58.0 Å². The van der Waals surface area contributed by atoms with Crippen molar-refractivity contribution in [2.75, 3.05) is 16.4 Å². The minimum absolute atomic E-state index is 0.0888. The molecule has 29 heavy (non-hydrogen) atoms. The average molecular weight is 493 g/mol. The number of hydrogen-bond acceptors (Lipinski definition) is 4. The number of amidine groups is 1. The molecule has 8 heteroatoms. The van der Waals surface area contributed by atoms with Crippen LogP contribution in [0.15, 0.2) is 51.9 Å². The van der Waals surface area contributed by atoms with Crippen molar-refractivity contribution < 1.29 is 13.2 Å². The topological polar surface area (TPSA) is 66.8 Å².